The van der Waals surface area contributed by atoms with Gasteiger partial charge in [0.2, 0.25) is 5.88 Å². The molecule has 5 nitrogen and oxygen atoms in total. The quantitative estimate of drug-likeness (QED) is 0.890. The van der Waals surface area contributed by atoms with E-state index in [-0.39, 0.29) is 22.9 Å². The molecule has 0 aliphatic heterocycles. The molecule has 0 saturated carbocycles. The number of benzene rings is 1. The second kappa shape index (κ2) is 4.97. The van der Waals surface area contributed by atoms with Crippen LogP contribution in [0.4, 0.5) is 0 Å². The lowest BCUT2D eigenvalue weighted by molar-refractivity contribution is 0.0694. The number of carboxylic acid groups (broad SMARTS) is 1. The fourth-order valence-corrected chi connectivity index (χ4v) is 1.38. The maximum Gasteiger partial charge on any atom is 0.339 e. The lowest BCUT2D eigenvalue weighted by atomic mass is 10.2. The Labute approximate surface area is 103 Å². The molecule has 0 amide bonds. The van der Waals surface area contributed by atoms with Gasteiger partial charge in [-0.15, -0.1) is 0 Å². The largest absolute Gasteiger partial charge is 0.478 e. The normalized spacial score (nSPS) is 9.50. The van der Waals surface area contributed by atoms with Crippen molar-refractivity contribution in [1.29, 1.82) is 5.26 Å². The summed E-state index contributed by atoms with van der Waals surface area (Å²) in [7, 11) is 0. The van der Waals surface area contributed by atoms with E-state index in [0.29, 0.717) is 0 Å². The Morgan fingerprint density at radius 1 is 1.22 bits per heavy atom. The topological polar surface area (TPSA) is 83.2 Å². The van der Waals surface area contributed by atoms with Crippen molar-refractivity contribution in [1.82, 2.24) is 4.98 Å². The van der Waals surface area contributed by atoms with Gasteiger partial charge in [-0.05, 0) is 18.2 Å². The Kier molecular flexibility index (Phi) is 3.21. The molecule has 0 fully saturated rings. The predicted octanol–water partition coefficient (Wildman–Crippen LogP) is 2.44. The molecule has 0 aliphatic carbocycles. The zero-order valence-electron chi connectivity index (χ0n) is 9.20. The van der Waals surface area contributed by atoms with Gasteiger partial charge in [0.1, 0.15) is 23.1 Å². The van der Waals surface area contributed by atoms with Crippen LogP contribution in [0.5, 0.6) is 11.6 Å². The SMILES string of the molecule is N#Cc1cccc(Oc2ccccc2C(=O)O)n1. The highest BCUT2D eigenvalue weighted by atomic mass is 16.5. The predicted molar refractivity (Wildman–Crippen MR) is 62.4 cm³/mol. The number of pyridine rings is 1. The highest BCUT2D eigenvalue weighted by Crippen LogP contribution is 2.23. The van der Waals surface area contributed by atoms with E-state index in [9.17, 15) is 4.79 Å². The van der Waals surface area contributed by atoms with Gasteiger partial charge in [-0.3, -0.25) is 0 Å². The summed E-state index contributed by atoms with van der Waals surface area (Å²) in [5, 5.41) is 17.7. The van der Waals surface area contributed by atoms with Crippen molar-refractivity contribution in [2.24, 2.45) is 0 Å². The smallest absolute Gasteiger partial charge is 0.339 e. The third-order valence-corrected chi connectivity index (χ3v) is 2.17. The molecular formula is C13H8N2O3. The van der Waals surface area contributed by atoms with E-state index < -0.39 is 5.97 Å². The van der Waals surface area contributed by atoms with Gasteiger partial charge in [-0.2, -0.15) is 5.26 Å². The molecular weight excluding hydrogens is 232 g/mol. The van der Waals surface area contributed by atoms with Crippen LogP contribution >= 0.6 is 0 Å². The number of aromatic carboxylic acids is 1. The molecule has 2 rings (SSSR count). The first-order valence-electron chi connectivity index (χ1n) is 5.08. The van der Waals surface area contributed by atoms with Gasteiger partial charge in [0.05, 0.1) is 0 Å². The summed E-state index contributed by atoms with van der Waals surface area (Å²) in [5.41, 5.74) is 0.252. The maximum absolute atomic E-state index is 11.0. The summed E-state index contributed by atoms with van der Waals surface area (Å²) >= 11 is 0. The molecule has 0 unspecified atom stereocenters. The Hall–Kier alpha value is -2.87. The minimum Gasteiger partial charge on any atom is -0.478 e. The van der Waals surface area contributed by atoms with Crippen LogP contribution in [-0.4, -0.2) is 16.1 Å². The average Bonchev–Trinajstić information content (AvgIpc) is 2.39. The molecule has 2 aromatic rings. The van der Waals surface area contributed by atoms with Crippen LogP contribution in [-0.2, 0) is 0 Å². The van der Waals surface area contributed by atoms with Gasteiger partial charge in [0.15, 0.2) is 0 Å². The molecule has 1 aromatic carbocycles. The van der Waals surface area contributed by atoms with Crippen molar-refractivity contribution in [2.45, 2.75) is 0 Å². The Balaban J connectivity index is 2.34. The number of rotatable bonds is 3. The van der Waals surface area contributed by atoms with Crippen molar-refractivity contribution in [3.05, 3.63) is 53.7 Å². The first-order valence-corrected chi connectivity index (χ1v) is 5.08. The number of carbonyl (C=O) groups is 1. The number of nitrogens with zero attached hydrogens (tertiary/aromatic N) is 2. The molecule has 0 aliphatic rings. The monoisotopic (exact) mass is 240 g/mol. The molecule has 1 heterocycles. The number of hydrogen-bond acceptors (Lipinski definition) is 4. The van der Waals surface area contributed by atoms with Crippen LogP contribution in [0.15, 0.2) is 42.5 Å². The van der Waals surface area contributed by atoms with Crippen LogP contribution in [0, 0.1) is 11.3 Å². The molecule has 0 saturated heterocycles. The molecule has 18 heavy (non-hydrogen) atoms. The first kappa shape index (κ1) is 11.6. The maximum atomic E-state index is 11.0. The van der Waals surface area contributed by atoms with Gasteiger partial charge in [-0.25, -0.2) is 9.78 Å². The summed E-state index contributed by atoms with van der Waals surface area (Å²) in [5.74, 6) is -0.711. The van der Waals surface area contributed by atoms with Gasteiger partial charge >= 0.3 is 5.97 Å². The Morgan fingerprint density at radius 3 is 2.72 bits per heavy atom. The highest BCUT2D eigenvalue weighted by molar-refractivity contribution is 5.90. The number of ether oxygens (including phenoxy) is 1. The van der Waals surface area contributed by atoms with E-state index in [1.807, 2.05) is 6.07 Å². The van der Waals surface area contributed by atoms with Gasteiger partial charge in [0, 0.05) is 6.07 Å². The van der Waals surface area contributed by atoms with Crippen molar-refractivity contribution < 1.29 is 14.6 Å². The van der Waals surface area contributed by atoms with Crippen LogP contribution in [0.3, 0.4) is 0 Å². The zero-order valence-corrected chi connectivity index (χ0v) is 9.20. The molecule has 0 atom stereocenters. The standard InChI is InChI=1S/C13H8N2O3/c14-8-9-4-3-7-12(15-9)18-11-6-2-1-5-10(11)13(16)17/h1-7H,(H,16,17). The van der Waals surface area contributed by atoms with E-state index in [1.165, 1.54) is 18.2 Å². The summed E-state index contributed by atoms with van der Waals surface area (Å²) < 4.78 is 5.37. The fourth-order valence-electron chi connectivity index (χ4n) is 1.38. The van der Waals surface area contributed by atoms with Crippen molar-refractivity contribution in [3.8, 4) is 17.7 Å². The highest BCUT2D eigenvalue weighted by Gasteiger charge is 2.11. The number of para-hydroxylation sites is 1. The molecule has 1 N–H and O–H groups in total. The molecule has 0 radical (unpaired) electrons. The summed E-state index contributed by atoms with van der Waals surface area (Å²) in [6.45, 7) is 0. The third-order valence-electron chi connectivity index (χ3n) is 2.17. The Bertz CT molecular complexity index is 632. The summed E-state index contributed by atoms with van der Waals surface area (Å²) in [6.07, 6.45) is 0. The number of hydrogen-bond donors (Lipinski definition) is 1. The fraction of sp³-hybridized carbons (Fsp3) is 0. The molecule has 1 aromatic heterocycles. The van der Waals surface area contributed by atoms with Crippen molar-refractivity contribution in [2.75, 3.05) is 0 Å². The van der Waals surface area contributed by atoms with Gasteiger partial charge < -0.3 is 9.84 Å². The first-order chi connectivity index (χ1) is 8.70. The third kappa shape index (κ3) is 2.44. The molecule has 0 spiro atoms. The van der Waals surface area contributed by atoms with Gasteiger partial charge in [-0.1, -0.05) is 18.2 Å². The van der Waals surface area contributed by atoms with E-state index in [2.05, 4.69) is 4.98 Å². The zero-order chi connectivity index (χ0) is 13.0. The minimum absolute atomic E-state index is 0.0432. The Morgan fingerprint density at radius 2 is 2.00 bits per heavy atom. The lowest BCUT2D eigenvalue weighted by Crippen LogP contribution is -2.00. The summed E-state index contributed by atoms with van der Waals surface area (Å²) in [6, 6.07) is 12.8. The van der Waals surface area contributed by atoms with Crippen molar-refractivity contribution >= 4 is 5.97 Å². The van der Waals surface area contributed by atoms with Crippen LogP contribution < -0.4 is 4.74 Å². The van der Waals surface area contributed by atoms with Crippen LogP contribution in [0.2, 0.25) is 0 Å². The van der Waals surface area contributed by atoms with E-state index in [0.717, 1.165) is 0 Å². The lowest BCUT2D eigenvalue weighted by Gasteiger charge is -2.07. The molecule has 0 bridgehead atoms. The minimum atomic E-state index is -1.08. The van der Waals surface area contributed by atoms with E-state index in [4.69, 9.17) is 15.1 Å². The average molecular weight is 240 g/mol. The van der Waals surface area contributed by atoms with E-state index in [1.54, 1.807) is 24.3 Å². The van der Waals surface area contributed by atoms with Gasteiger partial charge in [0.25, 0.3) is 0 Å². The molecule has 88 valence electrons. The second-order valence-electron chi connectivity index (χ2n) is 3.38. The number of aromatic nitrogens is 1. The summed E-state index contributed by atoms with van der Waals surface area (Å²) in [4.78, 5) is 14.9. The van der Waals surface area contributed by atoms with Crippen LogP contribution in [0.1, 0.15) is 16.1 Å². The van der Waals surface area contributed by atoms with Crippen molar-refractivity contribution in [3.63, 3.8) is 0 Å². The number of nitriles is 1. The number of carboxylic acids is 1. The second-order valence-corrected chi connectivity index (χ2v) is 3.38. The van der Waals surface area contributed by atoms with E-state index >= 15 is 0 Å². The van der Waals surface area contributed by atoms with Crippen LogP contribution in [0.25, 0.3) is 0 Å². The molecule has 5 heteroatoms.